The van der Waals surface area contributed by atoms with E-state index in [4.69, 9.17) is 42.6 Å². The quantitative estimate of drug-likeness (QED) is 0.147. The predicted octanol–water partition coefficient (Wildman–Crippen LogP) is 2.81. The third-order valence-corrected chi connectivity index (χ3v) is 14.0. The summed E-state index contributed by atoms with van der Waals surface area (Å²) in [7, 11) is 7.17. The first-order chi connectivity index (χ1) is 28.3. The third-order valence-electron chi connectivity index (χ3n) is 14.0. The second kappa shape index (κ2) is 20.5. The Kier molecular flexibility index (Phi) is 17.4. The molecule has 0 amide bonds. The number of aliphatic hydroxyl groups excluding tert-OH is 1. The van der Waals surface area contributed by atoms with Crippen LogP contribution in [0.4, 0.5) is 0 Å². The first-order valence-corrected chi connectivity index (χ1v) is 22.1. The van der Waals surface area contributed by atoms with E-state index in [-0.39, 0.29) is 50.4 Å². The summed E-state index contributed by atoms with van der Waals surface area (Å²) in [6, 6.07) is -0.964. The molecule has 61 heavy (non-hydrogen) atoms. The summed E-state index contributed by atoms with van der Waals surface area (Å²) in [5, 5.41) is 36.2. The molecule has 0 unspecified atom stereocenters. The van der Waals surface area contributed by atoms with Gasteiger partial charge in [0.15, 0.2) is 30.6 Å². The minimum atomic E-state index is -1.84. The normalized spacial score (nSPS) is 47.0. The van der Waals surface area contributed by atoms with E-state index in [0.29, 0.717) is 13.0 Å². The van der Waals surface area contributed by atoms with Crippen LogP contribution in [0.25, 0.3) is 0 Å². The van der Waals surface area contributed by atoms with Crippen molar-refractivity contribution in [2.75, 3.05) is 41.4 Å². The van der Waals surface area contributed by atoms with Crippen LogP contribution in [0.3, 0.4) is 0 Å². The summed E-state index contributed by atoms with van der Waals surface area (Å²) in [5.74, 6) is -3.26. The van der Waals surface area contributed by atoms with Crippen molar-refractivity contribution < 1.29 is 72.3 Å². The molecule has 4 saturated heterocycles. The minimum absolute atomic E-state index is 0.171. The Balaban J connectivity index is 1.86. The van der Waals surface area contributed by atoms with Crippen molar-refractivity contribution >= 4 is 18.2 Å². The Bertz CT molecular complexity index is 1470. The number of likely N-dealkylation sites (N-methyl/N-ethyl adjacent to an activating group) is 2. The van der Waals surface area contributed by atoms with E-state index in [9.17, 15) is 29.7 Å². The average Bonchev–Trinajstić information content (AvgIpc) is 3.17. The highest BCUT2D eigenvalue weighted by Gasteiger charge is 2.71. The fourth-order valence-electron chi connectivity index (χ4n) is 10.5. The maximum atomic E-state index is 14.6. The summed E-state index contributed by atoms with van der Waals surface area (Å²) in [5.41, 5.74) is -5.90. The summed E-state index contributed by atoms with van der Waals surface area (Å²) < 4.78 is 57.0. The number of carbonyl (C=O) groups excluding carboxylic acids is 3. The summed E-state index contributed by atoms with van der Waals surface area (Å²) in [6.45, 7) is 19.9. The van der Waals surface area contributed by atoms with Gasteiger partial charge in [-0.25, -0.2) is 0 Å². The highest BCUT2D eigenvalue weighted by molar-refractivity contribution is 5.73. The zero-order chi connectivity index (χ0) is 46.0. The Morgan fingerprint density at radius 1 is 1.00 bits per heavy atom. The Morgan fingerprint density at radius 3 is 2.21 bits per heavy atom. The topological polar surface area (TPSA) is 201 Å². The number of ether oxygens (including phenoxy) is 9. The number of methoxy groups -OCH3 is 1. The lowest BCUT2D eigenvalue weighted by molar-refractivity contribution is -0.437. The van der Waals surface area contributed by atoms with Crippen LogP contribution in [0.15, 0.2) is 0 Å². The number of rotatable bonds is 12. The van der Waals surface area contributed by atoms with Crippen molar-refractivity contribution in [1.82, 2.24) is 9.80 Å². The molecule has 4 aliphatic rings. The number of fused-ring (bicyclic) bond motifs is 1. The van der Waals surface area contributed by atoms with Crippen LogP contribution in [0.5, 0.6) is 0 Å². The average molecular weight is 875 g/mol. The number of cyclic esters (lactones) is 1. The molecule has 4 heterocycles. The van der Waals surface area contributed by atoms with Gasteiger partial charge in [0, 0.05) is 45.4 Å². The first kappa shape index (κ1) is 51.8. The van der Waals surface area contributed by atoms with Crippen molar-refractivity contribution in [1.29, 1.82) is 0 Å². The monoisotopic (exact) mass is 875 g/mol. The third kappa shape index (κ3) is 10.8. The zero-order valence-corrected chi connectivity index (χ0v) is 39.3. The van der Waals surface area contributed by atoms with Gasteiger partial charge in [0.2, 0.25) is 0 Å². The van der Waals surface area contributed by atoms with E-state index >= 15 is 0 Å². The molecule has 0 spiro atoms. The highest BCUT2D eigenvalue weighted by atomic mass is 16.7. The van der Waals surface area contributed by atoms with Gasteiger partial charge in [0.25, 0.3) is 0 Å². The Hall–Kier alpha value is -1.87. The van der Waals surface area contributed by atoms with Crippen molar-refractivity contribution in [2.45, 2.75) is 204 Å². The van der Waals surface area contributed by atoms with Crippen molar-refractivity contribution in [3.8, 4) is 0 Å². The van der Waals surface area contributed by atoms with Crippen LogP contribution in [-0.2, 0) is 57.0 Å². The molecule has 17 nitrogen and oxygen atoms in total. The van der Waals surface area contributed by atoms with Crippen LogP contribution in [-0.4, -0.2) is 181 Å². The molecule has 4 fully saturated rings. The lowest BCUT2D eigenvalue weighted by atomic mass is 9.68. The lowest BCUT2D eigenvalue weighted by Crippen LogP contribution is -2.83. The number of carbonyl (C=O) groups is 3. The largest absolute Gasteiger partial charge is 0.459 e. The molecule has 0 aliphatic carbocycles. The van der Waals surface area contributed by atoms with Gasteiger partial charge in [0.1, 0.15) is 24.1 Å². The number of hydrogen-bond donors (Lipinski definition) is 3. The molecule has 0 aromatic carbocycles. The Morgan fingerprint density at radius 2 is 1.66 bits per heavy atom. The minimum Gasteiger partial charge on any atom is -0.459 e. The van der Waals surface area contributed by atoms with Crippen LogP contribution >= 0.6 is 0 Å². The SMILES string of the molecule is CC[C@H]1OC(=O)[C@H](C)[C@@H](O[C@H]2C[C@@](C)(OC)[C@@H](OCCC=O)[C@H](C)O2)[C@H](C)[C@@H](O[C@@H]2O[C@H](C)C[C@H](N(C)C)[C@H]2OC(C)=O)[C@](C)(O)C[C@@H](C)CN(C)[C@H](C)[C@@]2(O)[C@H](O)O[C@]12C. The standard InChI is InChI=1S/C44H78N2O15/c1-16-32-43(11)44(52,40(50)61-43)29(7)46(14)23-24(2)21-41(9,51)36(60-39-35(57-30(8)48)31(45(12)13)20-25(3)55-39)26(4)34(27(5)38(49)58-32)59-33-22-42(10,53-15)37(28(6)56-33)54-19-17-18-47/h18,24-29,31-37,39-40,50-52H,16-17,19-23H2,1-15H3/t24-,25-,26+,27-,28+,29-,31+,32-,33+,34+,35-,36-,37+,39+,40-,41-,42-,43-,44-/m1/s1. The molecule has 19 atom stereocenters. The number of hydrogen-bond acceptors (Lipinski definition) is 17. The number of aldehydes is 1. The number of aliphatic hydroxyl groups is 3. The van der Waals surface area contributed by atoms with Gasteiger partial charge in [-0.05, 0) is 94.8 Å². The van der Waals surface area contributed by atoms with Gasteiger partial charge < -0.3 is 72.5 Å². The molecule has 0 saturated carbocycles. The molecule has 17 heteroatoms. The number of esters is 2. The molecule has 4 rings (SSSR count). The van der Waals surface area contributed by atoms with E-state index in [2.05, 4.69) is 0 Å². The van der Waals surface area contributed by atoms with E-state index < -0.39 is 108 Å². The fourth-order valence-corrected chi connectivity index (χ4v) is 10.5. The molecule has 0 radical (unpaired) electrons. The fraction of sp³-hybridized carbons (Fsp3) is 0.932. The summed E-state index contributed by atoms with van der Waals surface area (Å²) in [6.07, 6.45) is -6.97. The summed E-state index contributed by atoms with van der Waals surface area (Å²) >= 11 is 0. The number of nitrogens with zero attached hydrogens (tertiary/aromatic N) is 2. The smallest absolute Gasteiger partial charge is 0.311 e. The van der Waals surface area contributed by atoms with Crippen LogP contribution in [0, 0.1) is 17.8 Å². The van der Waals surface area contributed by atoms with Crippen molar-refractivity contribution in [3.63, 3.8) is 0 Å². The van der Waals surface area contributed by atoms with Crippen molar-refractivity contribution in [2.24, 2.45) is 17.8 Å². The van der Waals surface area contributed by atoms with Gasteiger partial charge in [-0.3, -0.25) is 9.59 Å². The van der Waals surface area contributed by atoms with Gasteiger partial charge in [0.05, 0.1) is 54.2 Å². The van der Waals surface area contributed by atoms with Gasteiger partial charge in [-0.2, -0.15) is 0 Å². The van der Waals surface area contributed by atoms with Crippen molar-refractivity contribution in [3.05, 3.63) is 0 Å². The molecular formula is C44H78N2O15. The zero-order valence-electron chi connectivity index (χ0n) is 39.3. The van der Waals surface area contributed by atoms with Crippen LogP contribution < -0.4 is 0 Å². The molecule has 0 aromatic heterocycles. The van der Waals surface area contributed by atoms with E-state index in [1.165, 1.54) is 6.92 Å². The van der Waals surface area contributed by atoms with Crippen LogP contribution in [0.2, 0.25) is 0 Å². The molecule has 4 aliphatic heterocycles. The maximum Gasteiger partial charge on any atom is 0.311 e. The van der Waals surface area contributed by atoms with E-state index in [0.717, 1.165) is 6.29 Å². The molecule has 0 aromatic rings. The molecule has 0 bridgehead atoms. The second-order valence-corrected chi connectivity index (χ2v) is 19.2. The lowest BCUT2D eigenvalue weighted by Gasteiger charge is -2.62. The van der Waals surface area contributed by atoms with E-state index in [1.54, 1.807) is 34.8 Å². The van der Waals surface area contributed by atoms with Gasteiger partial charge >= 0.3 is 11.9 Å². The molecule has 3 N–H and O–H groups in total. The second-order valence-electron chi connectivity index (χ2n) is 19.2. The highest BCUT2D eigenvalue weighted by Crippen LogP contribution is 2.50. The first-order valence-electron chi connectivity index (χ1n) is 22.1. The molecule has 354 valence electrons. The van der Waals surface area contributed by atoms with Crippen LogP contribution in [0.1, 0.15) is 108 Å². The van der Waals surface area contributed by atoms with Gasteiger partial charge in [-0.1, -0.05) is 20.8 Å². The molecular weight excluding hydrogens is 796 g/mol. The summed E-state index contributed by atoms with van der Waals surface area (Å²) in [4.78, 5) is 42.2. The Labute approximate surface area is 363 Å². The van der Waals surface area contributed by atoms with E-state index in [1.807, 2.05) is 72.5 Å². The maximum absolute atomic E-state index is 14.6. The predicted molar refractivity (Wildman–Crippen MR) is 222 cm³/mol. The van der Waals surface area contributed by atoms with Gasteiger partial charge in [-0.15, -0.1) is 0 Å².